The first-order valence-corrected chi connectivity index (χ1v) is 6.49. The Morgan fingerprint density at radius 1 is 1.33 bits per heavy atom. The summed E-state index contributed by atoms with van der Waals surface area (Å²) in [6.07, 6.45) is 0.158. The molecular formula is C12H21F3N2O. The van der Waals surface area contributed by atoms with E-state index in [4.69, 9.17) is 0 Å². The summed E-state index contributed by atoms with van der Waals surface area (Å²) in [7, 11) is 1.52. The van der Waals surface area contributed by atoms with Crippen LogP contribution in [0.2, 0.25) is 0 Å². The number of halogens is 3. The maximum Gasteiger partial charge on any atom is 0.401 e. The van der Waals surface area contributed by atoms with E-state index in [0.717, 1.165) is 19.3 Å². The Morgan fingerprint density at radius 2 is 2.00 bits per heavy atom. The van der Waals surface area contributed by atoms with Crippen LogP contribution in [0.5, 0.6) is 0 Å². The van der Waals surface area contributed by atoms with E-state index >= 15 is 0 Å². The first kappa shape index (κ1) is 14.1. The minimum Gasteiger partial charge on any atom is -0.394 e. The van der Waals surface area contributed by atoms with E-state index in [2.05, 4.69) is 5.32 Å². The molecule has 106 valence electrons. The molecule has 6 heteroatoms. The van der Waals surface area contributed by atoms with Gasteiger partial charge in [0.2, 0.25) is 0 Å². The van der Waals surface area contributed by atoms with E-state index in [-0.39, 0.29) is 18.2 Å². The van der Waals surface area contributed by atoms with Gasteiger partial charge in [-0.1, -0.05) is 0 Å². The van der Waals surface area contributed by atoms with Gasteiger partial charge in [-0.15, -0.1) is 0 Å². The Labute approximate surface area is 105 Å². The fraction of sp³-hybridized carbons (Fsp3) is 1.00. The molecule has 2 atom stereocenters. The summed E-state index contributed by atoms with van der Waals surface area (Å²) in [6, 6.07) is 0.369. The summed E-state index contributed by atoms with van der Waals surface area (Å²) >= 11 is 0. The number of hydrogen-bond donors (Lipinski definition) is 2. The van der Waals surface area contributed by atoms with Crippen molar-refractivity contribution in [3.63, 3.8) is 0 Å². The summed E-state index contributed by atoms with van der Waals surface area (Å²) in [4.78, 5) is 1.37. The van der Waals surface area contributed by atoms with Crippen LogP contribution in [0.4, 0.5) is 13.2 Å². The highest BCUT2D eigenvalue weighted by Gasteiger charge is 2.44. The van der Waals surface area contributed by atoms with Gasteiger partial charge in [-0.3, -0.25) is 4.90 Å². The Hall–Kier alpha value is -0.330. The van der Waals surface area contributed by atoms with Crippen molar-refractivity contribution in [2.24, 2.45) is 0 Å². The largest absolute Gasteiger partial charge is 0.401 e. The second-order valence-corrected chi connectivity index (χ2v) is 5.78. The van der Waals surface area contributed by atoms with Crippen molar-refractivity contribution >= 4 is 0 Å². The normalized spacial score (nSPS) is 33.3. The zero-order valence-corrected chi connectivity index (χ0v) is 10.6. The van der Waals surface area contributed by atoms with Crippen molar-refractivity contribution in [2.75, 3.05) is 20.2 Å². The Morgan fingerprint density at radius 3 is 2.50 bits per heavy atom. The van der Waals surface area contributed by atoms with Gasteiger partial charge in [0.15, 0.2) is 0 Å². The van der Waals surface area contributed by atoms with Crippen molar-refractivity contribution in [1.82, 2.24) is 10.2 Å². The standard InChI is InChI=1S/C12H21F3N2O/c1-17(7-12(13,14)15)10-4-5-11(6-10,8-18)16-9-2-3-9/h9-10,16,18H,2-8H2,1H3. The van der Waals surface area contributed by atoms with Gasteiger partial charge in [0.05, 0.1) is 13.2 Å². The summed E-state index contributed by atoms with van der Waals surface area (Å²) in [5.74, 6) is 0. The van der Waals surface area contributed by atoms with Gasteiger partial charge in [0.25, 0.3) is 0 Å². The first-order chi connectivity index (χ1) is 8.34. The lowest BCUT2D eigenvalue weighted by Crippen LogP contribution is -2.49. The number of nitrogens with one attached hydrogen (secondary N) is 1. The van der Waals surface area contributed by atoms with Crippen LogP contribution in [0, 0.1) is 0 Å². The van der Waals surface area contributed by atoms with Crippen LogP contribution < -0.4 is 5.32 Å². The van der Waals surface area contributed by atoms with Crippen molar-refractivity contribution in [2.45, 2.75) is 55.9 Å². The molecule has 3 nitrogen and oxygen atoms in total. The van der Waals surface area contributed by atoms with E-state index in [1.165, 1.54) is 11.9 Å². The maximum atomic E-state index is 12.3. The minimum atomic E-state index is -4.15. The van der Waals surface area contributed by atoms with Crippen LogP contribution in [0.1, 0.15) is 32.1 Å². The van der Waals surface area contributed by atoms with Gasteiger partial charge < -0.3 is 10.4 Å². The van der Waals surface area contributed by atoms with Crippen molar-refractivity contribution in [1.29, 1.82) is 0 Å². The van der Waals surface area contributed by atoms with Gasteiger partial charge in [-0.05, 0) is 39.2 Å². The third kappa shape index (κ3) is 3.59. The molecule has 0 aliphatic heterocycles. The predicted octanol–water partition coefficient (Wildman–Crippen LogP) is 1.52. The molecule has 0 aromatic rings. The molecule has 2 N–H and O–H groups in total. The Balaban J connectivity index is 1.89. The number of alkyl halides is 3. The number of rotatable bonds is 5. The third-order valence-corrected chi connectivity index (χ3v) is 4.02. The highest BCUT2D eigenvalue weighted by Crippen LogP contribution is 2.36. The lowest BCUT2D eigenvalue weighted by Gasteiger charge is -2.31. The quantitative estimate of drug-likeness (QED) is 0.792. The second kappa shape index (κ2) is 4.98. The van der Waals surface area contributed by atoms with Crippen molar-refractivity contribution in [3.8, 4) is 0 Å². The molecular weight excluding hydrogens is 245 g/mol. The highest BCUT2D eigenvalue weighted by molar-refractivity contribution is 5.02. The molecule has 2 aliphatic carbocycles. The van der Waals surface area contributed by atoms with E-state index in [1.807, 2.05) is 0 Å². The maximum absolute atomic E-state index is 12.3. The van der Waals surface area contributed by atoms with Crippen LogP contribution in [-0.4, -0.2) is 54.0 Å². The van der Waals surface area contributed by atoms with Crippen molar-refractivity contribution < 1.29 is 18.3 Å². The molecule has 2 fully saturated rings. The number of nitrogens with zero attached hydrogens (tertiary/aromatic N) is 1. The van der Waals surface area contributed by atoms with Crippen LogP contribution >= 0.6 is 0 Å². The molecule has 0 aromatic heterocycles. The van der Waals surface area contributed by atoms with Crippen LogP contribution in [0.15, 0.2) is 0 Å². The molecule has 0 heterocycles. The van der Waals surface area contributed by atoms with E-state index in [1.54, 1.807) is 0 Å². The van der Waals surface area contributed by atoms with Crippen LogP contribution in [0.3, 0.4) is 0 Å². The fourth-order valence-corrected chi connectivity index (χ4v) is 2.87. The number of aliphatic hydroxyl groups excluding tert-OH is 1. The molecule has 0 saturated heterocycles. The molecule has 2 unspecified atom stereocenters. The molecule has 0 aromatic carbocycles. The fourth-order valence-electron chi connectivity index (χ4n) is 2.87. The predicted molar refractivity (Wildman–Crippen MR) is 62.3 cm³/mol. The monoisotopic (exact) mass is 266 g/mol. The molecule has 2 aliphatic rings. The van der Waals surface area contributed by atoms with Crippen LogP contribution in [0.25, 0.3) is 0 Å². The molecule has 18 heavy (non-hydrogen) atoms. The molecule has 0 radical (unpaired) electrons. The zero-order chi connectivity index (χ0) is 13.4. The highest BCUT2D eigenvalue weighted by atomic mass is 19.4. The molecule has 2 saturated carbocycles. The van der Waals surface area contributed by atoms with Gasteiger partial charge in [0, 0.05) is 17.6 Å². The molecule has 0 spiro atoms. The van der Waals surface area contributed by atoms with E-state index in [0.29, 0.717) is 18.9 Å². The summed E-state index contributed by atoms with van der Waals surface area (Å²) in [6.45, 7) is -0.859. The average molecular weight is 266 g/mol. The molecule has 0 amide bonds. The molecule has 0 bridgehead atoms. The van der Waals surface area contributed by atoms with Gasteiger partial charge >= 0.3 is 6.18 Å². The lowest BCUT2D eigenvalue weighted by atomic mass is 9.98. The zero-order valence-electron chi connectivity index (χ0n) is 10.6. The summed E-state index contributed by atoms with van der Waals surface area (Å²) in [5, 5.41) is 12.9. The third-order valence-electron chi connectivity index (χ3n) is 4.02. The minimum absolute atomic E-state index is 0.0137. The van der Waals surface area contributed by atoms with Crippen molar-refractivity contribution in [3.05, 3.63) is 0 Å². The van der Waals surface area contributed by atoms with Gasteiger partial charge in [0.1, 0.15) is 0 Å². The average Bonchev–Trinajstić information content (AvgIpc) is 2.93. The summed E-state index contributed by atoms with van der Waals surface area (Å²) < 4.78 is 37.0. The topological polar surface area (TPSA) is 35.5 Å². The van der Waals surface area contributed by atoms with Crippen LogP contribution in [-0.2, 0) is 0 Å². The van der Waals surface area contributed by atoms with Gasteiger partial charge in [-0.25, -0.2) is 0 Å². The summed E-state index contributed by atoms with van der Waals surface area (Å²) in [5.41, 5.74) is -0.355. The Bertz CT molecular complexity index is 294. The van der Waals surface area contributed by atoms with E-state index in [9.17, 15) is 18.3 Å². The lowest BCUT2D eigenvalue weighted by molar-refractivity contribution is -0.147. The number of hydrogen-bond acceptors (Lipinski definition) is 3. The first-order valence-electron chi connectivity index (χ1n) is 6.49. The Kier molecular flexibility index (Phi) is 3.90. The second-order valence-electron chi connectivity index (χ2n) is 5.78. The molecule has 2 rings (SSSR count). The number of aliphatic hydroxyl groups is 1. The SMILES string of the molecule is CN(CC(F)(F)F)C1CCC(CO)(NC2CC2)C1. The van der Waals surface area contributed by atoms with E-state index < -0.39 is 12.7 Å². The smallest absolute Gasteiger partial charge is 0.394 e. The van der Waals surface area contributed by atoms with Gasteiger partial charge in [-0.2, -0.15) is 13.2 Å².